The number of nitrogens with one attached hydrogen (secondary N) is 1. The third-order valence-corrected chi connectivity index (χ3v) is 4.99. The summed E-state index contributed by atoms with van der Waals surface area (Å²) >= 11 is 1.37. The highest BCUT2D eigenvalue weighted by atomic mass is 32.1. The zero-order chi connectivity index (χ0) is 16.8. The minimum Gasteiger partial charge on any atom is -0.303 e. The monoisotopic (exact) mass is 345 g/mol. The molecular weight excluding hydrogens is 334 g/mol. The number of aromatic nitrogens is 5. The second-order valence-electron chi connectivity index (χ2n) is 5.53. The van der Waals surface area contributed by atoms with Gasteiger partial charge in [0.1, 0.15) is 4.70 Å². The fraction of sp³-hybridized carbons (Fsp3) is 0. The van der Waals surface area contributed by atoms with E-state index in [2.05, 4.69) is 15.0 Å². The molecule has 0 unspecified atom stereocenters. The van der Waals surface area contributed by atoms with Crippen molar-refractivity contribution in [2.45, 2.75) is 0 Å². The van der Waals surface area contributed by atoms with E-state index in [0.717, 1.165) is 16.8 Å². The van der Waals surface area contributed by atoms with Crippen molar-refractivity contribution in [3.05, 3.63) is 70.7 Å². The van der Waals surface area contributed by atoms with Crippen LogP contribution >= 0.6 is 11.3 Å². The van der Waals surface area contributed by atoms with E-state index >= 15 is 0 Å². The van der Waals surface area contributed by atoms with Crippen LogP contribution in [0, 0.1) is 0 Å². The molecule has 0 aliphatic heterocycles. The summed E-state index contributed by atoms with van der Waals surface area (Å²) in [6.07, 6.45) is 5.39. The van der Waals surface area contributed by atoms with E-state index in [9.17, 15) is 4.79 Å². The molecule has 0 radical (unpaired) electrons. The minimum atomic E-state index is -0.167. The number of rotatable bonds is 2. The highest BCUT2D eigenvalue weighted by Gasteiger charge is 2.16. The second-order valence-corrected chi connectivity index (χ2v) is 6.41. The molecule has 0 fully saturated rings. The maximum atomic E-state index is 12.5. The van der Waals surface area contributed by atoms with Crippen LogP contribution in [0.25, 0.3) is 38.6 Å². The molecule has 0 bridgehead atoms. The van der Waals surface area contributed by atoms with Crippen LogP contribution in [0.4, 0.5) is 0 Å². The number of pyridine rings is 2. The van der Waals surface area contributed by atoms with Gasteiger partial charge in [-0.2, -0.15) is 0 Å². The number of hydrogen-bond donors (Lipinski definition) is 1. The van der Waals surface area contributed by atoms with Crippen molar-refractivity contribution in [3.63, 3.8) is 0 Å². The van der Waals surface area contributed by atoms with Crippen LogP contribution in [-0.4, -0.2) is 24.3 Å². The van der Waals surface area contributed by atoms with Gasteiger partial charge in [-0.3, -0.25) is 14.2 Å². The third-order valence-electron chi connectivity index (χ3n) is 4.02. The summed E-state index contributed by atoms with van der Waals surface area (Å²) in [5.41, 5.74) is 3.07. The Bertz CT molecular complexity index is 1270. The topological polar surface area (TPSA) is 75.9 Å². The molecule has 25 heavy (non-hydrogen) atoms. The van der Waals surface area contributed by atoms with Gasteiger partial charge in [0.2, 0.25) is 0 Å². The summed E-state index contributed by atoms with van der Waals surface area (Å²) < 4.78 is 2.49. The zero-order valence-electron chi connectivity index (χ0n) is 12.9. The maximum absolute atomic E-state index is 12.5. The van der Waals surface area contributed by atoms with E-state index in [4.69, 9.17) is 4.98 Å². The van der Waals surface area contributed by atoms with Gasteiger partial charge in [-0.05, 0) is 24.3 Å². The molecule has 120 valence electrons. The molecule has 5 heterocycles. The number of nitrogens with zero attached hydrogens (tertiary/aromatic N) is 4. The van der Waals surface area contributed by atoms with Crippen molar-refractivity contribution in [2.75, 3.05) is 0 Å². The quantitative estimate of drug-likeness (QED) is 0.532. The molecule has 0 aliphatic rings. The molecule has 0 aromatic carbocycles. The Labute approximate surface area is 145 Å². The molecule has 0 aliphatic carbocycles. The van der Waals surface area contributed by atoms with Crippen LogP contribution in [0.3, 0.4) is 0 Å². The van der Waals surface area contributed by atoms with Crippen molar-refractivity contribution < 1.29 is 0 Å². The van der Waals surface area contributed by atoms with Gasteiger partial charge in [0.15, 0.2) is 11.6 Å². The van der Waals surface area contributed by atoms with Gasteiger partial charge < -0.3 is 4.98 Å². The van der Waals surface area contributed by atoms with E-state index in [1.54, 1.807) is 12.4 Å². The minimum absolute atomic E-state index is 0.167. The predicted molar refractivity (Wildman–Crippen MR) is 97.7 cm³/mol. The van der Waals surface area contributed by atoms with E-state index < -0.39 is 0 Å². The molecule has 6 nitrogen and oxygen atoms in total. The average Bonchev–Trinajstić information content (AvgIpc) is 3.27. The summed E-state index contributed by atoms with van der Waals surface area (Å²) in [7, 11) is 0. The number of imidazole rings is 1. The van der Waals surface area contributed by atoms with Crippen LogP contribution in [0.5, 0.6) is 0 Å². The molecule has 0 saturated carbocycles. The number of fused-ring (bicyclic) bond motifs is 2. The molecule has 5 rings (SSSR count). The van der Waals surface area contributed by atoms with Crippen LogP contribution in [0.15, 0.2) is 65.2 Å². The van der Waals surface area contributed by atoms with Crippen molar-refractivity contribution in [1.82, 2.24) is 24.3 Å². The van der Waals surface area contributed by atoms with Gasteiger partial charge in [-0.15, -0.1) is 11.3 Å². The first-order valence-electron chi connectivity index (χ1n) is 7.66. The van der Waals surface area contributed by atoms with E-state index in [0.29, 0.717) is 21.9 Å². The summed E-state index contributed by atoms with van der Waals surface area (Å²) in [6.45, 7) is 0. The normalized spacial score (nSPS) is 11.4. The lowest BCUT2D eigenvalue weighted by Gasteiger charge is -2.02. The molecule has 1 N–H and O–H groups in total. The molecule has 5 aromatic rings. The Morgan fingerprint density at radius 1 is 1.08 bits per heavy atom. The van der Waals surface area contributed by atoms with Crippen LogP contribution < -0.4 is 5.56 Å². The standard InChI is InChI=1S/C18H11N5OS/c24-18-15-14(12(10-25-15)13-6-1-3-7-19-13)21-16(22-18)17-20-9-11-5-2-4-8-23(11)17/h1-10H,(H,21,22,24). The second kappa shape index (κ2) is 5.35. The number of thiophene rings is 1. The van der Waals surface area contributed by atoms with E-state index in [-0.39, 0.29) is 5.56 Å². The molecular formula is C18H11N5OS. The van der Waals surface area contributed by atoms with Crippen molar-refractivity contribution >= 4 is 27.1 Å². The average molecular weight is 345 g/mol. The SMILES string of the molecule is O=c1[nH]c(-c2ncc3ccccn23)nc2c(-c3ccccn3)csc12. The molecule has 0 spiro atoms. The lowest BCUT2D eigenvalue weighted by atomic mass is 10.2. The van der Waals surface area contributed by atoms with E-state index in [1.165, 1.54) is 11.3 Å². The molecule has 0 atom stereocenters. The number of hydrogen-bond acceptors (Lipinski definition) is 5. The van der Waals surface area contributed by atoms with Gasteiger partial charge in [0.25, 0.3) is 5.56 Å². The van der Waals surface area contributed by atoms with Crippen LogP contribution in [0.1, 0.15) is 0 Å². The summed E-state index contributed by atoms with van der Waals surface area (Å²) in [5.74, 6) is 1.05. The van der Waals surface area contributed by atoms with Crippen molar-refractivity contribution in [2.24, 2.45) is 0 Å². The Balaban J connectivity index is 1.79. The van der Waals surface area contributed by atoms with Gasteiger partial charge in [-0.1, -0.05) is 12.1 Å². The molecule has 0 amide bonds. The Morgan fingerprint density at radius 2 is 2.00 bits per heavy atom. The van der Waals surface area contributed by atoms with Gasteiger partial charge in [-0.25, -0.2) is 9.97 Å². The Morgan fingerprint density at radius 3 is 2.88 bits per heavy atom. The fourth-order valence-electron chi connectivity index (χ4n) is 2.86. The first kappa shape index (κ1) is 14.1. The van der Waals surface area contributed by atoms with Crippen LogP contribution in [-0.2, 0) is 0 Å². The summed E-state index contributed by atoms with van der Waals surface area (Å²) in [5, 5.41) is 1.92. The van der Waals surface area contributed by atoms with Gasteiger partial charge in [0.05, 0.1) is 22.9 Å². The zero-order valence-corrected chi connectivity index (χ0v) is 13.7. The Hall–Kier alpha value is -3.32. The van der Waals surface area contributed by atoms with Crippen molar-refractivity contribution in [1.29, 1.82) is 0 Å². The predicted octanol–water partition coefficient (Wildman–Crippen LogP) is 3.36. The number of H-pyrrole nitrogens is 1. The highest BCUT2D eigenvalue weighted by molar-refractivity contribution is 7.17. The first-order valence-corrected chi connectivity index (χ1v) is 8.54. The smallest absolute Gasteiger partial charge is 0.269 e. The van der Waals surface area contributed by atoms with Crippen molar-refractivity contribution in [3.8, 4) is 22.9 Å². The Kier molecular flexibility index (Phi) is 3.01. The lowest BCUT2D eigenvalue weighted by molar-refractivity contribution is 1.08. The van der Waals surface area contributed by atoms with E-state index in [1.807, 2.05) is 52.4 Å². The maximum Gasteiger partial charge on any atom is 0.269 e. The highest BCUT2D eigenvalue weighted by Crippen LogP contribution is 2.30. The summed E-state index contributed by atoms with van der Waals surface area (Å²) in [4.78, 5) is 28.9. The first-order chi connectivity index (χ1) is 12.3. The fourth-order valence-corrected chi connectivity index (χ4v) is 3.75. The van der Waals surface area contributed by atoms with Crippen LogP contribution in [0.2, 0.25) is 0 Å². The van der Waals surface area contributed by atoms with Gasteiger partial charge in [0, 0.05) is 23.3 Å². The molecule has 5 aromatic heterocycles. The summed E-state index contributed by atoms with van der Waals surface area (Å²) in [6, 6.07) is 11.5. The van der Waals surface area contributed by atoms with Gasteiger partial charge >= 0.3 is 0 Å². The number of aromatic amines is 1. The molecule has 0 saturated heterocycles. The third kappa shape index (κ3) is 2.17. The molecule has 7 heteroatoms. The lowest BCUT2D eigenvalue weighted by Crippen LogP contribution is -2.09. The largest absolute Gasteiger partial charge is 0.303 e.